The minimum Gasteiger partial charge on any atom is -0.329 e. The van der Waals surface area contributed by atoms with E-state index in [-0.39, 0.29) is 11.9 Å². The molecular weight excluding hydrogens is 365 g/mol. The second-order valence-electron chi connectivity index (χ2n) is 5.90. The van der Waals surface area contributed by atoms with Crippen LogP contribution in [0.5, 0.6) is 0 Å². The van der Waals surface area contributed by atoms with Crippen LogP contribution in [-0.2, 0) is 7.05 Å². The van der Waals surface area contributed by atoms with Gasteiger partial charge in [-0.25, -0.2) is 4.98 Å². The summed E-state index contributed by atoms with van der Waals surface area (Å²) in [5, 5.41) is 1.78. The molecule has 1 saturated heterocycles. The summed E-state index contributed by atoms with van der Waals surface area (Å²) in [5.41, 5.74) is 1.50. The normalized spacial score (nSPS) is 17.8. The number of likely N-dealkylation sites (tertiary alicyclic amines) is 1. The van der Waals surface area contributed by atoms with Gasteiger partial charge in [-0.05, 0) is 31.0 Å². The van der Waals surface area contributed by atoms with Gasteiger partial charge in [0, 0.05) is 13.6 Å². The second kappa shape index (κ2) is 6.06. The van der Waals surface area contributed by atoms with Gasteiger partial charge in [0.25, 0.3) is 5.91 Å². The Morgan fingerprint density at radius 3 is 2.83 bits per heavy atom. The number of benzene rings is 1. The Morgan fingerprint density at radius 1 is 1.33 bits per heavy atom. The monoisotopic (exact) mass is 379 g/mol. The number of hydrogen-bond donors (Lipinski definition) is 0. The van der Waals surface area contributed by atoms with E-state index < -0.39 is 0 Å². The summed E-state index contributed by atoms with van der Waals surface area (Å²) in [4.78, 5) is 19.6. The van der Waals surface area contributed by atoms with Crippen LogP contribution in [0.2, 0.25) is 10.2 Å². The van der Waals surface area contributed by atoms with E-state index in [0.717, 1.165) is 34.6 Å². The van der Waals surface area contributed by atoms with Crippen molar-refractivity contribution in [1.29, 1.82) is 0 Å². The van der Waals surface area contributed by atoms with Crippen LogP contribution < -0.4 is 0 Å². The third-order valence-electron chi connectivity index (χ3n) is 4.44. The van der Waals surface area contributed by atoms with Gasteiger partial charge in [0.2, 0.25) is 0 Å². The number of nitrogens with zero attached hydrogens (tertiary/aromatic N) is 3. The van der Waals surface area contributed by atoms with Gasteiger partial charge in [-0.2, -0.15) is 0 Å². The molecular formula is C17H15Cl2N3OS. The average molecular weight is 380 g/mol. The summed E-state index contributed by atoms with van der Waals surface area (Å²) in [6.45, 7) is 0.722. The minimum atomic E-state index is -0.0481. The standard InChI is InChI=1S/C17H15Cl2N3OS/c1-21-13(9-10(18)15(21)19)17(23)22-8-4-6-12(22)16-20-11-5-2-3-7-14(11)24-16/h2-3,5,7,9,12H,4,6,8H2,1H3/t12-/m1/s1. The first kappa shape index (κ1) is 15.9. The van der Waals surface area contributed by atoms with Crippen LogP contribution in [0.4, 0.5) is 0 Å². The van der Waals surface area contributed by atoms with E-state index >= 15 is 0 Å². The zero-order valence-electron chi connectivity index (χ0n) is 13.0. The van der Waals surface area contributed by atoms with E-state index in [2.05, 4.69) is 6.07 Å². The Morgan fingerprint density at radius 2 is 2.12 bits per heavy atom. The van der Waals surface area contributed by atoms with E-state index in [1.807, 2.05) is 23.1 Å². The molecule has 4 nitrogen and oxygen atoms in total. The maximum absolute atomic E-state index is 13.0. The first-order valence-corrected chi connectivity index (χ1v) is 9.30. The SMILES string of the molecule is Cn1c(C(=O)N2CCC[C@@H]2c2nc3ccccc3s2)cc(Cl)c1Cl. The number of aromatic nitrogens is 2. The predicted octanol–water partition coefficient (Wildman–Crippen LogP) is 4.92. The van der Waals surface area contributed by atoms with Crippen molar-refractivity contribution in [2.75, 3.05) is 6.54 Å². The summed E-state index contributed by atoms with van der Waals surface area (Å²) >= 11 is 13.8. The lowest BCUT2D eigenvalue weighted by Crippen LogP contribution is -2.31. The molecule has 3 aromatic rings. The second-order valence-corrected chi connectivity index (χ2v) is 7.73. The Labute approximate surface area is 153 Å². The third-order valence-corrected chi connectivity index (χ3v) is 6.42. The van der Waals surface area contributed by atoms with Crippen molar-refractivity contribution >= 4 is 50.7 Å². The van der Waals surface area contributed by atoms with Crippen LogP contribution in [0.15, 0.2) is 30.3 Å². The van der Waals surface area contributed by atoms with Gasteiger partial charge >= 0.3 is 0 Å². The van der Waals surface area contributed by atoms with Gasteiger partial charge in [0.15, 0.2) is 0 Å². The summed E-state index contributed by atoms with van der Waals surface area (Å²) in [6.07, 6.45) is 1.90. The van der Waals surface area contributed by atoms with Crippen molar-refractivity contribution < 1.29 is 4.79 Å². The highest BCUT2D eigenvalue weighted by Gasteiger charge is 2.34. The van der Waals surface area contributed by atoms with E-state index in [9.17, 15) is 4.79 Å². The van der Waals surface area contributed by atoms with Crippen LogP contribution in [0.25, 0.3) is 10.2 Å². The van der Waals surface area contributed by atoms with E-state index in [0.29, 0.717) is 15.9 Å². The highest BCUT2D eigenvalue weighted by Crippen LogP contribution is 2.38. The number of rotatable bonds is 2. The van der Waals surface area contributed by atoms with Crippen molar-refractivity contribution in [1.82, 2.24) is 14.5 Å². The largest absolute Gasteiger partial charge is 0.329 e. The zero-order chi connectivity index (χ0) is 16.8. The number of amides is 1. The van der Waals surface area contributed by atoms with E-state index in [1.54, 1.807) is 29.0 Å². The Kier molecular flexibility index (Phi) is 4.03. The lowest BCUT2D eigenvalue weighted by molar-refractivity contribution is 0.0726. The predicted molar refractivity (Wildman–Crippen MR) is 98.1 cm³/mol. The Hall–Kier alpha value is -1.56. The molecule has 124 valence electrons. The highest BCUT2D eigenvalue weighted by atomic mass is 35.5. The molecule has 1 aliphatic heterocycles. The van der Waals surface area contributed by atoms with Crippen LogP contribution in [0, 0.1) is 0 Å². The smallest absolute Gasteiger partial charge is 0.271 e. The fraction of sp³-hybridized carbons (Fsp3) is 0.294. The van der Waals surface area contributed by atoms with Crippen molar-refractivity contribution in [3.63, 3.8) is 0 Å². The first-order chi connectivity index (χ1) is 11.6. The van der Waals surface area contributed by atoms with Crippen LogP contribution in [0.1, 0.15) is 34.4 Å². The van der Waals surface area contributed by atoms with Crippen molar-refractivity contribution in [3.8, 4) is 0 Å². The number of carbonyl (C=O) groups excluding carboxylic acids is 1. The molecule has 0 aliphatic carbocycles. The molecule has 2 aromatic heterocycles. The maximum atomic E-state index is 13.0. The topological polar surface area (TPSA) is 38.1 Å². The number of fused-ring (bicyclic) bond motifs is 1. The van der Waals surface area contributed by atoms with Crippen molar-refractivity contribution in [3.05, 3.63) is 51.2 Å². The number of hydrogen-bond acceptors (Lipinski definition) is 3. The molecule has 1 amide bonds. The molecule has 0 radical (unpaired) electrons. The molecule has 1 aromatic carbocycles. The molecule has 0 N–H and O–H groups in total. The fourth-order valence-corrected chi connectivity index (χ4v) is 4.68. The van der Waals surface area contributed by atoms with Gasteiger partial charge in [-0.1, -0.05) is 35.3 Å². The molecule has 4 rings (SSSR count). The molecule has 0 saturated carbocycles. The van der Waals surface area contributed by atoms with Gasteiger partial charge in [-0.15, -0.1) is 11.3 Å². The summed E-state index contributed by atoms with van der Waals surface area (Å²) in [7, 11) is 1.75. The Balaban J connectivity index is 1.69. The lowest BCUT2D eigenvalue weighted by Gasteiger charge is -2.23. The molecule has 0 spiro atoms. The van der Waals surface area contributed by atoms with E-state index in [4.69, 9.17) is 28.2 Å². The zero-order valence-corrected chi connectivity index (χ0v) is 15.3. The van der Waals surface area contributed by atoms with Gasteiger partial charge in [0.1, 0.15) is 15.9 Å². The first-order valence-electron chi connectivity index (χ1n) is 7.73. The van der Waals surface area contributed by atoms with Gasteiger partial charge in [0.05, 0.1) is 21.3 Å². The molecule has 1 aliphatic rings. The average Bonchev–Trinajstić information content (AvgIpc) is 3.27. The molecule has 24 heavy (non-hydrogen) atoms. The van der Waals surface area contributed by atoms with Crippen LogP contribution >= 0.6 is 34.5 Å². The van der Waals surface area contributed by atoms with Gasteiger partial charge < -0.3 is 9.47 Å². The van der Waals surface area contributed by atoms with Gasteiger partial charge in [-0.3, -0.25) is 4.79 Å². The number of halogens is 2. The molecule has 0 bridgehead atoms. The van der Waals surface area contributed by atoms with Crippen LogP contribution in [-0.4, -0.2) is 26.9 Å². The molecule has 7 heteroatoms. The Bertz CT molecular complexity index is 900. The number of thiazole rings is 1. The minimum absolute atomic E-state index is 0.0161. The third kappa shape index (κ3) is 2.51. The van der Waals surface area contributed by atoms with E-state index in [1.165, 1.54) is 0 Å². The summed E-state index contributed by atoms with van der Waals surface area (Å²) < 4.78 is 2.79. The molecule has 1 fully saturated rings. The maximum Gasteiger partial charge on any atom is 0.271 e. The summed E-state index contributed by atoms with van der Waals surface area (Å²) in [5.74, 6) is -0.0481. The van der Waals surface area contributed by atoms with Crippen LogP contribution in [0.3, 0.4) is 0 Å². The van der Waals surface area contributed by atoms with Crippen molar-refractivity contribution in [2.24, 2.45) is 7.05 Å². The van der Waals surface area contributed by atoms with Crippen molar-refractivity contribution in [2.45, 2.75) is 18.9 Å². The molecule has 0 unspecified atom stereocenters. The summed E-state index contributed by atoms with van der Waals surface area (Å²) in [6, 6.07) is 9.72. The molecule has 3 heterocycles. The quantitative estimate of drug-likeness (QED) is 0.633. The number of para-hydroxylation sites is 1. The number of carbonyl (C=O) groups is 1. The fourth-order valence-electron chi connectivity index (χ4n) is 3.19. The highest BCUT2D eigenvalue weighted by molar-refractivity contribution is 7.18. The molecule has 1 atom stereocenters. The lowest BCUT2D eigenvalue weighted by atomic mass is 10.2.